The highest BCUT2D eigenvalue weighted by atomic mass is 16.5. The molecule has 2 atom stereocenters. The zero-order valence-corrected chi connectivity index (χ0v) is 15.4. The number of carbonyl (C=O) groups is 1. The van der Waals surface area contributed by atoms with Gasteiger partial charge in [0, 0.05) is 44.0 Å². The summed E-state index contributed by atoms with van der Waals surface area (Å²) in [5.41, 5.74) is 1.96. The average Bonchev–Trinajstić information content (AvgIpc) is 3.23. The molecule has 2 aromatic heterocycles. The number of amides is 1. The smallest absolute Gasteiger partial charge is 0.223 e. The third-order valence-corrected chi connectivity index (χ3v) is 5.83. The van der Waals surface area contributed by atoms with Gasteiger partial charge in [0.05, 0.1) is 17.9 Å². The molecule has 2 aliphatic rings. The number of likely N-dealkylation sites (tertiary alicyclic amines) is 1. The van der Waals surface area contributed by atoms with Crippen LogP contribution in [0.1, 0.15) is 36.3 Å². The Morgan fingerprint density at radius 1 is 1.27 bits per heavy atom. The van der Waals surface area contributed by atoms with E-state index >= 15 is 0 Å². The van der Waals surface area contributed by atoms with Gasteiger partial charge in [0.1, 0.15) is 11.6 Å². The van der Waals surface area contributed by atoms with Crippen LogP contribution in [0.15, 0.2) is 23.1 Å². The van der Waals surface area contributed by atoms with Gasteiger partial charge in [-0.3, -0.25) is 9.78 Å². The van der Waals surface area contributed by atoms with E-state index in [-0.39, 0.29) is 11.9 Å². The van der Waals surface area contributed by atoms with Gasteiger partial charge in [0.15, 0.2) is 0 Å². The second-order valence-electron chi connectivity index (χ2n) is 7.30. The highest BCUT2D eigenvalue weighted by molar-refractivity contribution is 5.77. The molecule has 2 unspecified atom stereocenters. The standard InChI is InChI=1S/C19H25N5O2/c1-13-16(14(2)26-22-13)3-4-19(25)24-10-6-15-5-9-23(12-17(15)24)18-11-20-7-8-21-18/h7-8,11,15,17H,3-6,9-10,12H2,1-2H3. The van der Waals surface area contributed by atoms with Crippen LogP contribution in [0.5, 0.6) is 0 Å². The third kappa shape index (κ3) is 3.18. The molecule has 0 aromatic carbocycles. The van der Waals surface area contributed by atoms with Crippen molar-refractivity contribution in [2.24, 2.45) is 5.92 Å². The number of aryl methyl sites for hydroxylation is 2. The Kier molecular flexibility index (Phi) is 4.61. The molecule has 2 fully saturated rings. The first kappa shape index (κ1) is 17.0. The maximum atomic E-state index is 12.9. The Morgan fingerprint density at radius 3 is 2.85 bits per heavy atom. The van der Waals surface area contributed by atoms with Gasteiger partial charge in [-0.05, 0) is 39.0 Å². The van der Waals surface area contributed by atoms with Crippen LogP contribution in [0.2, 0.25) is 0 Å². The predicted octanol–water partition coefficient (Wildman–Crippen LogP) is 2.14. The minimum absolute atomic E-state index is 0.235. The van der Waals surface area contributed by atoms with E-state index in [0.717, 1.165) is 55.3 Å². The number of fused-ring (bicyclic) bond motifs is 1. The van der Waals surface area contributed by atoms with Crippen LogP contribution in [0.25, 0.3) is 0 Å². The monoisotopic (exact) mass is 355 g/mol. The number of anilines is 1. The largest absolute Gasteiger partial charge is 0.361 e. The minimum atomic E-state index is 0.235. The summed E-state index contributed by atoms with van der Waals surface area (Å²) in [5, 5.41) is 3.98. The van der Waals surface area contributed by atoms with Crippen molar-refractivity contribution in [1.29, 1.82) is 0 Å². The summed E-state index contributed by atoms with van der Waals surface area (Å²) in [5.74, 6) is 2.56. The fourth-order valence-corrected chi connectivity index (χ4v) is 4.35. The van der Waals surface area contributed by atoms with Crippen molar-refractivity contribution in [3.05, 3.63) is 35.6 Å². The van der Waals surface area contributed by atoms with Crippen LogP contribution in [0.4, 0.5) is 5.82 Å². The lowest BCUT2D eigenvalue weighted by Crippen LogP contribution is -2.50. The molecule has 0 saturated carbocycles. The topological polar surface area (TPSA) is 75.4 Å². The number of hydrogen-bond acceptors (Lipinski definition) is 6. The van der Waals surface area contributed by atoms with Crippen LogP contribution < -0.4 is 4.90 Å². The molecule has 2 aliphatic heterocycles. The molecule has 1 amide bonds. The zero-order chi connectivity index (χ0) is 18.1. The highest BCUT2D eigenvalue weighted by Gasteiger charge is 2.40. The van der Waals surface area contributed by atoms with E-state index in [0.29, 0.717) is 18.8 Å². The average molecular weight is 355 g/mol. The van der Waals surface area contributed by atoms with E-state index in [9.17, 15) is 4.79 Å². The molecule has 7 heteroatoms. The lowest BCUT2D eigenvalue weighted by molar-refractivity contribution is -0.132. The van der Waals surface area contributed by atoms with E-state index < -0.39 is 0 Å². The van der Waals surface area contributed by atoms with Crippen molar-refractivity contribution in [1.82, 2.24) is 20.0 Å². The summed E-state index contributed by atoms with van der Waals surface area (Å²) in [6.45, 7) is 6.54. The van der Waals surface area contributed by atoms with Gasteiger partial charge < -0.3 is 14.3 Å². The number of piperidine rings is 1. The van der Waals surface area contributed by atoms with Crippen LogP contribution in [0, 0.1) is 19.8 Å². The van der Waals surface area contributed by atoms with Crippen LogP contribution in [0.3, 0.4) is 0 Å². The van der Waals surface area contributed by atoms with Crippen molar-refractivity contribution in [3.63, 3.8) is 0 Å². The predicted molar refractivity (Wildman–Crippen MR) is 96.8 cm³/mol. The third-order valence-electron chi connectivity index (χ3n) is 5.83. The first-order valence-electron chi connectivity index (χ1n) is 9.35. The lowest BCUT2D eigenvalue weighted by atomic mass is 9.92. The van der Waals surface area contributed by atoms with Crippen molar-refractivity contribution in [2.75, 3.05) is 24.5 Å². The minimum Gasteiger partial charge on any atom is -0.361 e. The Balaban J connectivity index is 1.41. The molecule has 4 heterocycles. The molecule has 0 aliphatic carbocycles. The first-order valence-corrected chi connectivity index (χ1v) is 9.35. The summed E-state index contributed by atoms with van der Waals surface area (Å²) in [6, 6.07) is 0.280. The number of carbonyl (C=O) groups excluding carboxylic acids is 1. The van der Waals surface area contributed by atoms with Gasteiger partial charge in [0.25, 0.3) is 0 Å². The normalized spacial score (nSPS) is 22.5. The molecular formula is C19H25N5O2. The fourth-order valence-electron chi connectivity index (χ4n) is 4.35. The van der Waals surface area contributed by atoms with Gasteiger partial charge >= 0.3 is 0 Å². The zero-order valence-electron chi connectivity index (χ0n) is 15.4. The molecule has 4 rings (SSSR count). The van der Waals surface area contributed by atoms with E-state index in [1.807, 2.05) is 13.8 Å². The fraction of sp³-hybridized carbons (Fsp3) is 0.579. The Bertz CT molecular complexity index is 756. The Labute approximate surface area is 153 Å². The quantitative estimate of drug-likeness (QED) is 0.836. The molecule has 0 radical (unpaired) electrons. The number of nitrogens with zero attached hydrogens (tertiary/aromatic N) is 5. The molecule has 7 nitrogen and oxygen atoms in total. The summed E-state index contributed by atoms with van der Waals surface area (Å²) < 4.78 is 5.21. The molecule has 138 valence electrons. The Morgan fingerprint density at radius 2 is 2.12 bits per heavy atom. The highest BCUT2D eigenvalue weighted by Crippen LogP contribution is 2.33. The lowest BCUT2D eigenvalue weighted by Gasteiger charge is -2.39. The molecule has 0 N–H and O–H groups in total. The summed E-state index contributed by atoms with van der Waals surface area (Å²) in [4.78, 5) is 25.8. The van der Waals surface area contributed by atoms with Crippen LogP contribution >= 0.6 is 0 Å². The molecule has 2 aromatic rings. The number of aromatic nitrogens is 3. The second kappa shape index (κ2) is 7.05. The van der Waals surface area contributed by atoms with E-state index in [4.69, 9.17) is 4.52 Å². The first-order chi connectivity index (χ1) is 12.6. The van der Waals surface area contributed by atoms with Crippen molar-refractivity contribution >= 4 is 11.7 Å². The van der Waals surface area contributed by atoms with Crippen molar-refractivity contribution in [3.8, 4) is 0 Å². The summed E-state index contributed by atoms with van der Waals surface area (Å²) >= 11 is 0. The van der Waals surface area contributed by atoms with Crippen molar-refractivity contribution in [2.45, 2.75) is 45.6 Å². The Hall–Kier alpha value is -2.44. The molecule has 26 heavy (non-hydrogen) atoms. The molecule has 2 saturated heterocycles. The van der Waals surface area contributed by atoms with Gasteiger partial charge in [-0.15, -0.1) is 0 Å². The number of rotatable bonds is 4. The summed E-state index contributed by atoms with van der Waals surface area (Å²) in [7, 11) is 0. The molecular weight excluding hydrogens is 330 g/mol. The van der Waals surface area contributed by atoms with E-state index in [2.05, 4.69) is 24.9 Å². The molecule has 0 spiro atoms. The maximum absolute atomic E-state index is 12.9. The van der Waals surface area contributed by atoms with Gasteiger partial charge in [-0.2, -0.15) is 0 Å². The van der Waals surface area contributed by atoms with E-state index in [1.54, 1.807) is 18.6 Å². The van der Waals surface area contributed by atoms with Gasteiger partial charge in [-0.25, -0.2) is 4.98 Å². The van der Waals surface area contributed by atoms with Crippen LogP contribution in [-0.2, 0) is 11.2 Å². The SMILES string of the molecule is Cc1noc(C)c1CCC(=O)N1CCC2CCN(c3cnccn3)CC21. The van der Waals surface area contributed by atoms with Crippen LogP contribution in [-0.4, -0.2) is 51.6 Å². The van der Waals surface area contributed by atoms with Gasteiger partial charge in [-0.1, -0.05) is 5.16 Å². The van der Waals surface area contributed by atoms with E-state index in [1.165, 1.54) is 0 Å². The summed E-state index contributed by atoms with van der Waals surface area (Å²) in [6.07, 6.45) is 8.64. The maximum Gasteiger partial charge on any atom is 0.223 e. The second-order valence-corrected chi connectivity index (χ2v) is 7.30. The molecule has 0 bridgehead atoms. The number of hydrogen-bond donors (Lipinski definition) is 0. The van der Waals surface area contributed by atoms with Crippen molar-refractivity contribution < 1.29 is 9.32 Å². The van der Waals surface area contributed by atoms with Gasteiger partial charge in [0.2, 0.25) is 5.91 Å².